The number of sulfonamides is 1. The molecule has 0 aliphatic carbocycles. The van der Waals surface area contributed by atoms with Crippen LogP contribution in [0.5, 0.6) is 0 Å². The van der Waals surface area contributed by atoms with Gasteiger partial charge in [-0.25, -0.2) is 8.42 Å². The Kier molecular flexibility index (Phi) is 9.39. The second kappa shape index (κ2) is 11.5. The van der Waals surface area contributed by atoms with Gasteiger partial charge in [0.1, 0.15) is 0 Å². The van der Waals surface area contributed by atoms with E-state index in [1.165, 1.54) is 12.1 Å². The molecule has 6 nitrogen and oxygen atoms in total. The van der Waals surface area contributed by atoms with Crippen molar-refractivity contribution in [3.8, 4) is 0 Å². The molecule has 158 valence electrons. The van der Waals surface area contributed by atoms with Crippen LogP contribution in [0.3, 0.4) is 0 Å². The van der Waals surface area contributed by atoms with E-state index in [-0.39, 0.29) is 23.9 Å². The van der Waals surface area contributed by atoms with E-state index in [0.717, 1.165) is 4.31 Å². The zero-order chi connectivity index (χ0) is 21.3. The fraction of sp³-hybridized carbons (Fsp3) is 0.350. The number of hydrogen-bond donors (Lipinski definition) is 1. The van der Waals surface area contributed by atoms with Crippen LogP contribution in [0.2, 0.25) is 10.0 Å². The zero-order valence-electron chi connectivity index (χ0n) is 16.1. The Morgan fingerprint density at radius 1 is 1.10 bits per heavy atom. The van der Waals surface area contributed by atoms with Gasteiger partial charge >= 0.3 is 0 Å². The Bertz CT molecular complexity index is 908. The van der Waals surface area contributed by atoms with E-state index < -0.39 is 10.0 Å². The fourth-order valence-electron chi connectivity index (χ4n) is 2.57. The highest BCUT2D eigenvalue weighted by Crippen LogP contribution is 2.25. The monoisotopic (exact) mass is 458 g/mol. The average molecular weight is 459 g/mol. The first kappa shape index (κ1) is 23.6. The van der Waals surface area contributed by atoms with Crippen LogP contribution in [0.1, 0.15) is 18.9 Å². The predicted octanol–water partition coefficient (Wildman–Crippen LogP) is 3.73. The highest BCUT2D eigenvalue weighted by molar-refractivity contribution is 7.89. The molecule has 0 spiro atoms. The lowest BCUT2D eigenvalue weighted by molar-refractivity contribution is -0.121. The lowest BCUT2D eigenvalue weighted by Gasteiger charge is -2.22. The highest BCUT2D eigenvalue weighted by Gasteiger charge is 2.26. The van der Waals surface area contributed by atoms with Crippen LogP contribution in [-0.4, -0.2) is 44.9 Å². The molecular formula is C20H24Cl2N2O4S. The Balaban J connectivity index is 2.16. The summed E-state index contributed by atoms with van der Waals surface area (Å²) < 4.78 is 32.6. The largest absolute Gasteiger partial charge is 0.382 e. The summed E-state index contributed by atoms with van der Waals surface area (Å²) in [6.45, 7) is 3.12. The molecule has 0 aliphatic rings. The van der Waals surface area contributed by atoms with Gasteiger partial charge in [0.05, 0.1) is 21.5 Å². The summed E-state index contributed by atoms with van der Waals surface area (Å²) in [6, 6.07) is 12.9. The fourth-order valence-corrected chi connectivity index (χ4v) is 4.30. The van der Waals surface area contributed by atoms with Crippen LogP contribution in [0.4, 0.5) is 0 Å². The Hall–Kier alpha value is -1.64. The summed E-state index contributed by atoms with van der Waals surface area (Å²) in [5, 5.41) is 3.43. The number of ether oxygens (including phenoxy) is 1. The smallest absolute Gasteiger partial charge is 0.243 e. The standard InChI is InChI=1S/C20H24Cl2N2O4S/c1-2-28-12-6-11-23-20(25)15-24(14-16-9-10-18(21)19(22)13-16)29(26,27)17-7-4-3-5-8-17/h3-5,7-10,13H,2,6,11-12,14-15H2,1H3,(H,23,25). The Morgan fingerprint density at radius 3 is 2.48 bits per heavy atom. The molecule has 9 heteroatoms. The second-order valence-corrected chi connectivity index (χ2v) is 8.99. The minimum absolute atomic E-state index is 0.0134. The predicted molar refractivity (Wildman–Crippen MR) is 115 cm³/mol. The van der Waals surface area contributed by atoms with Gasteiger partial charge in [-0.05, 0) is 43.2 Å². The molecule has 1 amide bonds. The number of carbonyl (C=O) groups excluding carboxylic acids is 1. The maximum Gasteiger partial charge on any atom is 0.243 e. The molecule has 0 heterocycles. The molecule has 1 N–H and O–H groups in total. The van der Waals surface area contributed by atoms with Gasteiger partial charge in [0.2, 0.25) is 15.9 Å². The van der Waals surface area contributed by atoms with Gasteiger partial charge in [0.25, 0.3) is 0 Å². The van der Waals surface area contributed by atoms with Gasteiger partial charge in [-0.15, -0.1) is 0 Å². The molecule has 2 aromatic rings. The summed E-state index contributed by atoms with van der Waals surface area (Å²) in [7, 11) is -3.88. The first-order chi connectivity index (χ1) is 13.8. The minimum Gasteiger partial charge on any atom is -0.382 e. The van der Waals surface area contributed by atoms with E-state index in [9.17, 15) is 13.2 Å². The molecule has 0 saturated carbocycles. The maximum atomic E-state index is 13.1. The molecule has 0 aliphatic heterocycles. The van der Waals surface area contributed by atoms with Crippen molar-refractivity contribution in [2.75, 3.05) is 26.3 Å². The van der Waals surface area contributed by atoms with E-state index in [4.69, 9.17) is 27.9 Å². The third-order valence-electron chi connectivity index (χ3n) is 4.04. The number of halogens is 2. The third-order valence-corrected chi connectivity index (χ3v) is 6.58. The van der Waals surface area contributed by atoms with Gasteiger partial charge in [0.15, 0.2) is 0 Å². The van der Waals surface area contributed by atoms with Gasteiger partial charge in [-0.2, -0.15) is 4.31 Å². The summed E-state index contributed by atoms with van der Waals surface area (Å²) >= 11 is 12.0. The Labute approximate surface area is 181 Å². The number of amides is 1. The summed E-state index contributed by atoms with van der Waals surface area (Å²) in [6.07, 6.45) is 0.651. The van der Waals surface area contributed by atoms with Crippen molar-refractivity contribution in [1.29, 1.82) is 0 Å². The molecule has 0 saturated heterocycles. The summed E-state index contributed by atoms with van der Waals surface area (Å²) in [5.74, 6) is -0.388. The number of benzene rings is 2. The number of rotatable bonds is 11. The van der Waals surface area contributed by atoms with Crippen LogP contribution in [-0.2, 0) is 26.1 Å². The molecule has 0 unspecified atom stereocenters. The van der Waals surface area contributed by atoms with Crippen molar-refractivity contribution in [2.24, 2.45) is 0 Å². The van der Waals surface area contributed by atoms with E-state index in [0.29, 0.717) is 41.8 Å². The second-order valence-electron chi connectivity index (χ2n) is 6.24. The van der Waals surface area contributed by atoms with E-state index in [1.54, 1.807) is 36.4 Å². The summed E-state index contributed by atoms with van der Waals surface area (Å²) in [4.78, 5) is 12.5. The van der Waals surface area contributed by atoms with Crippen molar-refractivity contribution in [3.63, 3.8) is 0 Å². The van der Waals surface area contributed by atoms with Crippen molar-refractivity contribution in [1.82, 2.24) is 9.62 Å². The first-order valence-electron chi connectivity index (χ1n) is 9.18. The molecule has 0 atom stereocenters. The van der Waals surface area contributed by atoms with Crippen molar-refractivity contribution in [3.05, 3.63) is 64.1 Å². The van der Waals surface area contributed by atoms with Gasteiger partial charge in [-0.3, -0.25) is 4.79 Å². The normalized spacial score (nSPS) is 11.6. The molecular weight excluding hydrogens is 435 g/mol. The lowest BCUT2D eigenvalue weighted by atomic mass is 10.2. The quantitative estimate of drug-likeness (QED) is 0.520. The molecule has 29 heavy (non-hydrogen) atoms. The molecule has 0 aromatic heterocycles. The lowest BCUT2D eigenvalue weighted by Crippen LogP contribution is -2.40. The number of nitrogens with zero attached hydrogens (tertiary/aromatic N) is 1. The van der Waals surface area contributed by atoms with E-state index in [1.807, 2.05) is 6.92 Å². The zero-order valence-corrected chi connectivity index (χ0v) is 18.4. The van der Waals surface area contributed by atoms with Gasteiger partial charge < -0.3 is 10.1 Å². The van der Waals surface area contributed by atoms with Crippen molar-refractivity contribution in [2.45, 2.75) is 24.8 Å². The van der Waals surface area contributed by atoms with Crippen molar-refractivity contribution < 1.29 is 17.9 Å². The Morgan fingerprint density at radius 2 is 1.83 bits per heavy atom. The number of carbonyl (C=O) groups is 1. The van der Waals surface area contributed by atoms with Crippen LogP contribution < -0.4 is 5.32 Å². The number of nitrogens with one attached hydrogen (secondary N) is 1. The SMILES string of the molecule is CCOCCCNC(=O)CN(Cc1ccc(Cl)c(Cl)c1)S(=O)(=O)c1ccccc1. The third kappa shape index (κ3) is 7.28. The topological polar surface area (TPSA) is 75.7 Å². The summed E-state index contributed by atoms with van der Waals surface area (Å²) in [5.41, 5.74) is 0.628. The van der Waals surface area contributed by atoms with Crippen LogP contribution in [0.15, 0.2) is 53.4 Å². The van der Waals surface area contributed by atoms with Crippen LogP contribution in [0, 0.1) is 0 Å². The number of hydrogen-bond acceptors (Lipinski definition) is 4. The van der Waals surface area contributed by atoms with Gasteiger partial charge in [0, 0.05) is 26.3 Å². The van der Waals surface area contributed by atoms with Crippen LogP contribution >= 0.6 is 23.2 Å². The molecule has 2 aromatic carbocycles. The van der Waals surface area contributed by atoms with E-state index >= 15 is 0 Å². The van der Waals surface area contributed by atoms with Crippen molar-refractivity contribution >= 4 is 39.1 Å². The highest BCUT2D eigenvalue weighted by atomic mass is 35.5. The first-order valence-corrected chi connectivity index (χ1v) is 11.4. The minimum atomic E-state index is -3.88. The van der Waals surface area contributed by atoms with Gasteiger partial charge in [-0.1, -0.05) is 47.5 Å². The van der Waals surface area contributed by atoms with E-state index in [2.05, 4.69) is 5.32 Å². The molecule has 2 rings (SSSR count). The molecule has 0 radical (unpaired) electrons. The van der Waals surface area contributed by atoms with Crippen LogP contribution in [0.25, 0.3) is 0 Å². The molecule has 0 fully saturated rings. The maximum absolute atomic E-state index is 13.1. The average Bonchev–Trinajstić information content (AvgIpc) is 2.70. The molecule has 0 bridgehead atoms.